The van der Waals surface area contributed by atoms with E-state index in [2.05, 4.69) is 20.6 Å². The highest BCUT2D eigenvalue weighted by Gasteiger charge is 2.27. The molecule has 0 bridgehead atoms. The lowest BCUT2D eigenvalue weighted by atomic mass is 10.1. The van der Waals surface area contributed by atoms with Crippen LogP contribution in [0.1, 0.15) is 16.8 Å². The molecule has 8 nitrogen and oxygen atoms in total. The van der Waals surface area contributed by atoms with Crippen molar-refractivity contribution >= 4 is 46.0 Å². The number of carbonyl (C=O) groups excluding carboxylic acids is 2. The highest BCUT2D eigenvalue weighted by molar-refractivity contribution is 6.34. The minimum absolute atomic E-state index is 0.0631. The van der Waals surface area contributed by atoms with Crippen LogP contribution in [0.15, 0.2) is 60.8 Å². The second-order valence-corrected chi connectivity index (χ2v) is 8.89. The second-order valence-electron chi connectivity index (χ2n) is 8.48. The third kappa shape index (κ3) is 5.89. The monoisotopic (exact) mass is 478 g/mol. The van der Waals surface area contributed by atoms with Crippen molar-refractivity contribution in [2.45, 2.75) is 12.5 Å². The van der Waals surface area contributed by atoms with Crippen LogP contribution >= 0.6 is 11.6 Å². The summed E-state index contributed by atoms with van der Waals surface area (Å²) in [6.45, 7) is 1.83. The molecule has 1 atom stereocenters. The minimum Gasteiger partial charge on any atom is -0.350 e. The molecule has 2 aromatic carbocycles. The van der Waals surface area contributed by atoms with E-state index in [1.807, 2.05) is 43.3 Å². The van der Waals surface area contributed by atoms with Gasteiger partial charge in [-0.2, -0.15) is 0 Å². The molecule has 3 aromatic rings. The van der Waals surface area contributed by atoms with Crippen LogP contribution in [0.5, 0.6) is 0 Å². The number of para-hydroxylation sites is 1. The van der Waals surface area contributed by atoms with Gasteiger partial charge in [0.2, 0.25) is 11.9 Å². The van der Waals surface area contributed by atoms with Gasteiger partial charge in [-0.3, -0.25) is 9.59 Å². The Kier molecular flexibility index (Phi) is 7.40. The van der Waals surface area contributed by atoms with Gasteiger partial charge in [-0.15, -0.1) is 0 Å². The van der Waals surface area contributed by atoms with Crippen LogP contribution in [0.3, 0.4) is 0 Å². The van der Waals surface area contributed by atoms with E-state index >= 15 is 0 Å². The molecule has 0 spiro atoms. The number of halogens is 1. The van der Waals surface area contributed by atoms with Crippen LogP contribution in [0.4, 0.5) is 11.6 Å². The molecule has 1 fully saturated rings. The van der Waals surface area contributed by atoms with E-state index in [4.69, 9.17) is 11.6 Å². The fourth-order valence-corrected chi connectivity index (χ4v) is 3.99. The molecule has 4 rings (SSSR count). The van der Waals surface area contributed by atoms with Crippen molar-refractivity contribution < 1.29 is 9.59 Å². The largest absolute Gasteiger partial charge is 0.350 e. The summed E-state index contributed by atoms with van der Waals surface area (Å²) < 4.78 is 0. The fraction of sp³-hybridized carbons (Fsp3) is 0.280. The lowest BCUT2D eigenvalue weighted by Gasteiger charge is -2.18. The number of rotatable bonds is 7. The molecule has 1 aliphatic rings. The standard InChI is InChI=1S/C25H27ClN6O2/c1-31(2)12-5-8-23(33)29-22-10-9-17(14-20(22)26)24(34)32-13-11-19(16-32)28-25-27-15-18-6-3-4-7-21(18)30-25/h3-10,14-15,19H,11-13,16H2,1-2H3,(H,29,33)(H,27,28,30)/b8-5+/t19-/m0/s1. The smallest absolute Gasteiger partial charge is 0.253 e. The predicted molar refractivity (Wildman–Crippen MR) is 135 cm³/mol. The maximum Gasteiger partial charge on any atom is 0.253 e. The molecule has 1 saturated heterocycles. The summed E-state index contributed by atoms with van der Waals surface area (Å²) in [5, 5.41) is 7.38. The Bertz CT molecular complexity index is 1230. The van der Waals surface area contributed by atoms with Crippen LogP contribution in [0, 0.1) is 0 Å². The van der Waals surface area contributed by atoms with E-state index in [-0.39, 0.29) is 17.9 Å². The van der Waals surface area contributed by atoms with Gasteiger partial charge in [-0.05, 0) is 44.8 Å². The van der Waals surface area contributed by atoms with Gasteiger partial charge < -0.3 is 20.4 Å². The van der Waals surface area contributed by atoms with Crippen molar-refractivity contribution in [3.05, 3.63) is 71.4 Å². The molecule has 0 radical (unpaired) electrons. The number of nitrogens with zero attached hydrogens (tertiary/aromatic N) is 4. The Labute approximate surface area is 203 Å². The lowest BCUT2D eigenvalue weighted by Crippen LogP contribution is -2.31. The molecular formula is C25H27ClN6O2. The Morgan fingerprint density at radius 2 is 2.06 bits per heavy atom. The van der Waals surface area contributed by atoms with Crippen molar-refractivity contribution in [2.24, 2.45) is 0 Å². The maximum absolute atomic E-state index is 13.0. The molecule has 1 aliphatic heterocycles. The number of aromatic nitrogens is 2. The lowest BCUT2D eigenvalue weighted by molar-refractivity contribution is -0.111. The summed E-state index contributed by atoms with van der Waals surface area (Å²) >= 11 is 6.35. The number of benzene rings is 2. The predicted octanol–water partition coefficient (Wildman–Crippen LogP) is 3.67. The van der Waals surface area contributed by atoms with Gasteiger partial charge in [0.15, 0.2) is 0 Å². The number of carbonyl (C=O) groups is 2. The van der Waals surface area contributed by atoms with Gasteiger partial charge in [0.1, 0.15) is 0 Å². The average Bonchev–Trinajstić information content (AvgIpc) is 3.28. The quantitative estimate of drug-likeness (QED) is 0.503. The molecule has 0 saturated carbocycles. The molecule has 0 aliphatic carbocycles. The summed E-state index contributed by atoms with van der Waals surface area (Å²) in [6, 6.07) is 12.8. The Morgan fingerprint density at radius 1 is 1.24 bits per heavy atom. The molecule has 2 heterocycles. The zero-order chi connectivity index (χ0) is 24.1. The van der Waals surface area contributed by atoms with Crippen LogP contribution in [0.2, 0.25) is 5.02 Å². The molecule has 2 amide bonds. The van der Waals surface area contributed by atoms with Crippen LogP contribution < -0.4 is 10.6 Å². The number of likely N-dealkylation sites (tertiary alicyclic amines) is 1. The highest BCUT2D eigenvalue weighted by atomic mass is 35.5. The SMILES string of the molecule is CN(C)C/C=C/C(=O)Nc1ccc(C(=O)N2CC[C@H](Nc3ncc4ccccc4n3)C2)cc1Cl. The first-order valence-electron chi connectivity index (χ1n) is 11.1. The maximum atomic E-state index is 13.0. The zero-order valence-corrected chi connectivity index (χ0v) is 19.9. The van der Waals surface area contributed by atoms with Gasteiger partial charge in [-0.25, -0.2) is 9.97 Å². The highest BCUT2D eigenvalue weighted by Crippen LogP contribution is 2.25. The van der Waals surface area contributed by atoms with Crippen LogP contribution in [0.25, 0.3) is 10.9 Å². The van der Waals surface area contributed by atoms with Crippen LogP contribution in [-0.4, -0.2) is 71.4 Å². The fourth-order valence-electron chi connectivity index (χ4n) is 3.76. The number of hydrogen-bond acceptors (Lipinski definition) is 6. The number of hydrogen-bond donors (Lipinski definition) is 2. The number of likely N-dealkylation sites (N-methyl/N-ethyl adjacent to an activating group) is 1. The van der Waals surface area contributed by atoms with E-state index in [0.29, 0.717) is 41.9 Å². The topological polar surface area (TPSA) is 90.5 Å². The third-order valence-corrected chi connectivity index (χ3v) is 5.82. The Hall–Kier alpha value is -3.49. The van der Waals surface area contributed by atoms with E-state index in [9.17, 15) is 9.59 Å². The van der Waals surface area contributed by atoms with Gasteiger partial charge in [0.25, 0.3) is 5.91 Å². The van der Waals surface area contributed by atoms with Crippen molar-refractivity contribution in [3.63, 3.8) is 0 Å². The summed E-state index contributed by atoms with van der Waals surface area (Å²) in [6.07, 6.45) is 5.82. The second kappa shape index (κ2) is 10.6. The Morgan fingerprint density at radius 3 is 2.85 bits per heavy atom. The average molecular weight is 479 g/mol. The summed E-state index contributed by atoms with van der Waals surface area (Å²) in [4.78, 5) is 37.8. The first-order valence-corrected chi connectivity index (χ1v) is 11.5. The zero-order valence-electron chi connectivity index (χ0n) is 19.2. The normalized spacial score (nSPS) is 15.9. The van der Waals surface area contributed by atoms with Gasteiger partial charge in [0.05, 0.1) is 16.2 Å². The first kappa shape index (κ1) is 23.7. The number of nitrogens with one attached hydrogen (secondary N) is 2. The molecule has 34 heavy (non-hydrogen) atoms. The first-order chi connectivity index (χ1) is 16.4. The molecule has 176 valence electrons. The number of anilines is 2. The van der Waals surface area contributed by atoms with E-state index in [1.54, 1.807) is 35.4 Å². The van der Waals surface area contributed by atoms with Gasteiger partial charge in [-0.1, -0.05) is 35.9 Å². The van der Waals surface area contributed by atoms with E-state index in [1.165, 1.54) is 6.08 Å². The summed E-state index contributed by atoms with van der Waals surface area (Å²) in [5.41, 5.74) is 1.82. The summed E-state index contributed by atoms with van der Waals surface area (Å²) in [7, 11) is 3.84. The minimum atomic E-state index is -0.271. The van der Waals surface area contributed by atoms with Crippen molar-refractivity contribution in [2.75, 3.05) is 44.4 Å². The van der Waals surface area contributed by atoms with Crippen molar-refractivity contribution in [1.29, 1.82) is 0 Å². The molecule has 0 unspecified atom stereocenters. The molecule has 2 N–H and O–H groups in total. The number of fused-ring (bicyclic) bond motifs is 1. The molecule has 1 aromatic heterocycles. The van der Waals surface area contributed by atoms with Gasteiger partial charge in [0, 0.05) is 48.9 Å². The molecular weight excluding hydrogens is 452 g/mol. The van der Waals surface area contributed by atoms with Crippen LogP contribution in [-0.2, 0) is 4.79 Å². The third-order valence-electron chi connectivity index (χ3n) is 5.51. The van der Waals surface area contributed by atoms with Crippen molar-refractivity contribution in [3.8, 4) is 0 Å². The van der Waals surface area contributed by atoms with E-state index in [0.717, 1.165) is 17.3 Å². The summed E-state index contributed by atoms with van der Waals surface area (Å²) in [5.74, 6) is 0.183. The van der Waals surface area contributed by atoms with Gasteiger partial charge >= 0.3 is 0 Å². The Balaban J connectivity index is 1.35. The van der Waals surface area contributed by atoms with Crippen molar-refractivity contribution in [1.82, 2.24) is 19.8 Å². The van der Waals surface area contributed by atoms with E-state index < -0.39 is 0 Å². The number of amides is 2. The molecule has 9 heteroatoms.